The first-order chi connectivity index (χ1) is 16.8. The predicted octanol–water partition coefficient (Wildman–Crippen LogP) is -0.580. The molecule has 2 amide bonds. The van der Waals surface area contributed by atoms with Crippen molar-refractivity contribution in [2.45, 2.75) is 37.7 Å². The predicted molar refractivity (Wildman–Crippen MR) is 128 cm³/mol. The number of carboxylic acids is 1. The Balaban J connectivity index is 1.50. The number of rotatable bonds is 9. The molecule has 3 N–H and O–H groups in total. The molecule has 2 aliphatic heterocycles. The zero-order chi connectivity index (χ0) is 25.1. The molecule has 35 heavy (non-hydrogen) atoms. The summed E-state index contributed by atoms with van der Waals surface area (Å²) >= 11 is 2.51. The van der Waals surface area contributed by atoms with Gasteiger partial charge in [-0.1, -0.05) is 18.5 Å². The maximum atomic E-state index is 12.9. The third kappa shape index (κ3) is 5.00. The fraction of sp³-hybridized carbons (Fsp3) is 0.364. The molecule has 1 saturated heterocycles. The molecule has 1 fully saturated rings. The van der Waals surface area contributed by atoms with Gasteiger partial charge in [0.1, 0.15) is 24.2 Å². The van der Waals surface area contributed by atoms with Crippen molar-refractivity contribution in [2.75, 3.05) is 18.6 Å². The summed E-state index contributed by atoms with van der Waals surface area (Å²) in [6.45, 7) is 2.42. The zero-order valence-corrected chi connectivity index (χ0v) is 20.7. The van der Waals surface area contributed by atoms with Crippen LogP contribution in [0.5, 0.6) is 0 Å². The number of anilines is 1. The van der Waals surface area contributed by atoms with Crippen molar-refractivity contribution < 1.29 is 28.9 Å². The maximum Gasteiger partial charge on any atom is 0.276 e. The first kappa shape index (κ1) is 24.7. The molecule has 0 aliphatic carbocycles. The molecule has 184 valence electrons. The van der Waals surface area contributed by atoms with E-state index in [0.717, 1.165) is 24.2 Å². The minimum absolute atomic E-state index is 0.133. The van der Waals surface area contributed by atoms with Crippen LogP contribution < -0.4 is 20.7 Å². The molecule has 0 radical (unpaired) electrons. The van der Waals surface area contributed by atoms with E-state index in [1.165, 1.54) is 29.3 Å². The summed E-state index contributed by atoms with van der Waals surface area (Å²) in [5, 5.41) is 19.6. The number of thioether (sulfide) groups is 1. The lowest BCUT2D eigenvalue weighted by atomic mass is 10.0. The summed E-state index contributed by atoms with van der Waals surface area (Å²) in [5.41, 5.74) is 7.34. The van der Waals surface area contributed by atoms with Crippen LogP contribution in [0.2, 0.25) is 0 Å². The molecule has 13 heteroatoms. The number of pyridine rings is 1. The highest BCUT2D eigenvalue weighted by Crippen LogP contribution is 2.40. The molecule has 0 spiro atoms. The standard InChI is InChI=1S/C22H24N6O5S2/c1-3-4-12-5-7-27(8-6-12)9-13-10-34-20-16(19(30)28(20)17(13)21(31)32)25-18(29)15(26-33-2)14-11-35-22(23)24-14/h5-8,11,16,20H,3-4,9-10H2,1-2H3,(H3-,23,24,25,29,31,32)/b26-15-/t16-,20-/m1/s1. The maximum absolute atomic E-state index is 12.9. The van der Waals surface area contributed by atoms with E-state index in [0.29, 0.717) is 17.9 Å². The van der Waals surface area contributed by atoms with Crippen LogP contribution in [0.15, 0.2) is 46.3 Å². The number of β-lactam (4-membered cyclic amide) rings is 1. The minimum Gasteiger partial charge on any atom is -0.543 e. The largest absolute Gasteiger partial charge is 0.543 e. The summed E-state index contributed by atoms with van der Waals surface area (Å²) in [7, 11) is 1.28. The van der Waals surface area contributed by atoms with E-state index in [4.69, 9.17) is 10.6 Å². The second kappa shape index (κ2) is 10.4. The van der Waals surface area contributed by atoms with Gasteiger partial charge in [0.05, 0.1) is 11.7 Å². The quantitative estimate of drug-likeness (QED) is 0.194. The average molecular weight is 517 g/mol. The van der Waals surface area contributed by atoms with Gasteiger partial charge in [-0.3, -0.25) is 14.5 Å². The van der Waals surface area contributed by atoms with Crippen molar-refractivity contribution in [3.05, 3.63) is 52.4 Å². The van der Waals surface area contributed by atoms with Gasteiger partial charge in [0.2, 0.25) is 0 Å². The lowest BCUT2D eigenvalue weighted by Gasteiger charge is -2.50. The van der Waals surface area contributed by atoms with Crippen LogP contribution in [0, 0.1) is 0 Å². The smallest absolute Gasteiger partial charge is 0.276 e. The van der Waals surface area contributed by atoms with Crippen molar-refractivity contribution in [2.24, 2.45) is 5.16 Å². The van der Waals surface area contributed by atoms with Crippen molar-refractivity contribution in [3.63, 3.8) is 0 Å². The van der Waals surface area contributed by atoms with E-state index in [1.807, 2.05) is 29.1 Å². The monoisotopic (exact) mass is 516 g/mol. The van der Waals surface area contributed by atoms with E-state index in [9.17, 15) is 19.5 Å². The van der Waals surface area contributed by atoms with Gasteiger partial charge in [0.15, 0.2) is 29.8 Å². The third-order valence-electron chi connectivity index (χ3n) is 5.56. The summed E-state index contributed by atoms with van der Waals surface area (Å²) in [5.74, 6) is -2.27. The number of carboxylic acid groups (broad SMARTS) is 1. The van der Waals surface area contributed by atoms with E-state index in [-0.39, 0.29) is 22.2 Å². The topological polar surface area (TPSA) is 154 Å². The molecule has 0 bridgehead atoms. The highest BCUT2D eigenvalue weighted by atomic mass is 32.2. The molecule has 0 unspecified atom stereocenters. The number of hydrogen-bond donors (Lipinski definition) is 2. The Labute approximate surface area is 209 Å². The second-order valence-corrected chi connectivity index (χ2v) is 9.92. The first-order valence-electron chi connectivity index (χ1n) is 10.8. The Morgan fingerprint density at radius 1 is 1.40 bits per heavy atom. The van der Waals surface area contributed by atoms with Gasteiger partial charge in [-0.05, 0) is 12.0 Å². The number of carbonyl (C=O) groups excluding carboxylic acids is 3. The SMILES string of the molecule is CCCc1cc[n+](CC2=C(C(=O)[O-])N3C(=O)[C@@H](NC(=O)/C(=N\OC)c4csc(N)n4)[C@H]3SC2)cc1. The number of amides is 2. The van der Waals surface area contributed by atoms with Crippen LogP contribution in [0.25, 0.3) is 0 Å². The Bertz CT molecular complexity index is 1210. The molecule has 11 nitrogen and oxygen atoms in total. The average Bonchev–Trinajstić information content (AvgIpc) is 3.27. The van der Waals surface area contributed by atoms with Crippen molar-refractivity contribution in [3.8, 4) is 0 Å². The number of fused-ring (bicyclic) bond motifs is 1. The molecule has 0 saturated carbocycles. The number of aromatic nitrogens is 2. The van der Waals surface area contributed by atoms with Gasteiger partial charge in [0.25, 0.3) is 11.8 Å². The number of hydrogen-bond acceptors (Lipinski definition) is 10. The molecule has 2 atom stereocenters. The van der Waals surface area contributed by atoms with Gasteiger partial charge >= 0.3 is 0 Å². The summed E-state index contributed by atoms with van der Waals surface area (Å²) in [6.07, 6.45) is 5.79. The van der Waals surface area contributed by atoms with Gasteiger partial charge in [0, 0.05) is 28.8 Å². The van der Waals surface area contributed by atoms with Crippen LogP contribution >= 0.6 is 23.1 Å². The summed E-state index contributed by atoms with van der Waals surface area (Å²) < 4.78 is 1.87. The van der Waals surface area contributed by atoms with Crippen LogP contribution in [0.3, 0.4) is 0 Å². The Morgan fingerprint density at radius 2 is 2.14 bits per heavy atom. The number of nitrogens with two attached hydrogens (primary N) is 1. The van der Waals surface area contributed by atoms with Gasteiger partial charge < -0.3 is 25.8 Å². The van der Waals surface area contributed by atoms with E-state index in [2.05, 4.69) is 22.4 Å². The van der Waals surface area contributed by atoms with Crippen molar-refractivity contribution in [1.82, 2.24) is 15.2 Å². The molecule has 2 aromatic rings. The molecule has 2 aliphatic rings. The van der Waals surface area contributed by atoms with Gasteiger partial charge in [-0.2, -0.15) is 0 Å². The zero-order valence-electron chi connectivity index (χ0n) is 19.1. The second-order valence-electron chi connectivity index (χ2n) is 7.92. The highest BCUT2D eigenvalue weighted by Gasteiger charge is 2.53. The van der Waals surface area contributed by atoms with Crippen molar-refractivity contribution in [1.29, 1.82) is 0 Å². The highest BCUT2D eigenvalue weighted by molar-refractivity contribution is 8.00. The van der Waals surface area contributed by atoms with Gasteiger partial charge in [-0.25, -0.2) is 9.55 Å². The fourth-order valence-electron chi connectivity index (χ4n) is 3.96. The molecular formula is C22H24N6O5S2. The van der Waals surface area contributed by atoms with E-state index >= 15 is 0 Å². The molecule has 0 aromatic carbocycles. The normalized spacial score (nSPS) is 19.8. The van der Waals surface area contributed by atoms with E-state index in [1.54, 1.807) is 5.38 Å². The third-order valence-corrected chi connectivity index (χ3v) is 7.58. The number of nitrogen functional groups attached to an aromatic ring is 1. The fourth-order valence-corrected chi connectivity index (χ4v) is 5.85. The number of thiazole rings is 1. The lowest BCUT2D eigenvalue weighted by molar-refractivity contribution is -0.689. The number of carbonyl (C=O) groups is 3. The van der Waals surface area contributed by atoms with Crippen LogP contribution in [-0.2, 0) is 32.2 Å². The van der Waals surface area contributed by atoms with Crippen molar-refractivity contribution >= 4 is 51.7 Å². The number of aliphatic carboxylic acids is 1. The summed E-state index contributed by atoms with van der Waals surface area (Å²) in [6, 6.07) is 3.07. The van der Waals surface area contributed by atoms with Gasteiger partial charge in [-0.15, -0.1) is 23.1 Å². The molecule has 2 aromatic heterocycles. The van der Waals surface area contributed by atoms with E-state index < -0.39 is 29.2 Å². The Kier molecular flexibility index (Phi) is 7.36. The Hall–Kier alpha value is -3.45. The number of nitrogens with zero attached hydrogens (tertiary/aromatic N) is 4. The number of oxime groups is 1. The number of nitrogens with one attached hydrogen (secondary N) is 1. The molecule has 4 rings (SSSR count). The number of aryl methyl sites for hydroxylation is 1. The molecular weight excluding hydrogens is 492 g/mol. The van der Waals surface area contributed by atoms with Crippen LogP contribution in [-0.4, -0.2) is 57.7 Å². The minimum atomic E-state index is -1.42. The summed E-state index contributed by atoms with van der Waals surface area (Å²) in [4.78, 5) is 47.8. The molecule has 4 heterocycles. The van der Waals surface area contributed by atoms with Crippen LogP contribution in [0.1, 0.15) is 24.6 Å². The first-order valence-corrected chi connectivity index (χ1v) is 12.8. The lowest BCUT2D eigenvalue weighted by Crippen LogP contribution is -2.71. The van der Waals surface area contributed by atoms with Crippen LogP contribution in [0.4, 0.5) is 5.13 Å². The Morgan fingerprint density at radius 3 is 2.74 bits per heavy atom.